The van der Waals surface area contributed by atoms with Gasteiger partial charge in [0.1, 0.15) is 0 Å². The van der Waals surface area contributed by atoms with Gasteiger partial charge in [0.2, 0.25) is 0 Å². The van der Waals surface area contributed by atoms with Gasteiger partial charge in [-0.05, 0) is 11.6 Å². The molecule has 0 saturated heterocycles. The standard InChI is InChI=1S/C5H7ClN4O/c1-8-4-2-3(6)9-5(7)10(4)11/h2,8H,1H3,(H2,7,9). The Morgan fingerprint density at radius 1 is 1.82 bits per heavy atom. The van der Waals surface area contributed by atoms with Crippen LogP contribution in [0.1, 0.15) is 0 Å². The number of nitrogens with zero attached hydrogens (tertiary/aromatic N) is 2. The lowest BCUT2D eigenvalue weighted by Crippen LogP contribution is -2.34. The Bertz CT molecular complexity index is 277. The van der Waals surface area contributed by atoms with Gasteiger partial charge in [0.25, 0.3) is 0 Å². The van der Waals surface area contributed by atoms with Gasteiger partial charge in [-0.25, -0.2) is 4.73 Å². The van der Waals surface area contributed by atoms with Crippen LogP contribution in [0, 0.1) is 5.21 Å². The van der Waals surface area contributed by atoms with Crippen molar-refractivity contribution in [1.82, 2.24) is 4.98 Å². The van der Waals surface area contributed by atoms with Gasteiger partial charge < -0.3 is 16.3 Å². The van der Waals surface area contributed by atoms with E-state index in [1.165, 1.54) is 6.07 Å². The number of nitrogen functional groups attached to an aromatic ring is 1. The van der Waals surface area contributed by atoms with Crippen LogP contribution in [0.25, 0.3) is 0 Å². The maximum absolute atomic E-state index is 11.0. The molecule has 0 aliphatic rings. The number of hydrogen-bond acceptors (Lipinski definition) is 4. The summed E-state index contributed by atoms with van der Waals surface area (Å²) in [6.45, 7) is 0. The zero-order valence-electron chi connectivity index (χ0n) is 5.84. The fourth-order valence-corrected chi connectivity index (χ4v) is 0.846. The molecule has 11 heavy (non-hydrogen) atoms. The third-order valence-corrected chi connectivity index (χ3v) is 1.35. The lowest BCUT2D eigenvalue weighted by atomic mass is 10.6. The Morgan fingerprint density at radius 3 is 3.00 bits per heavy atom. The molecule has 1 aromatic rings. The van der Waals surface area contributed by atoms with Crippen molar-refractivity contribution in [2.24, 2.45) is 0 Å². The molecule has 0 amide bonds. The van der Waals surface area contributed by atoms with Crippen LogP contribution in [0.3, 0.4) is 0 Å². The van der Waals surface area contributed by atoms with Gasteiger partial charge in [-0.15, -0.1) is 0 Å². The number of aromatic nitrogens is 2. The van der Waals surface area contributed by atoms with E-state index in [9.17, 15) is 5.21 Å². The summed E-state index contributed by atoms with van der Waals surface area (Å²) in [5, 5.41) is 13.8. The first kappa shape index (κ1) is 7.87. The van der Waals surface area contributed by atoms with E-state index in [2.05, 4.69) is 10.3 Å². The summed E-state index contributed by atoms with van der Waals surface area (Å²) >= 11 is 5.52. The normalized spacial score (nSPS) is 9.64. The number of rotatable bonds is 1. The van der Waals surface area contributed by atoms with E-state index >= 15 is 0 Å². The molecule has 0 aliphatic heterocycles. The van der Waals surface area contributed by atoms with Gasteiger partial charge in [0, 0.05) is 7.05 Å². The minimum Gasteiger partial charge on any atom is -0.754 e. The predicted molar refractivity (Wildman–Crippen MR) is 42.2 cm³/mol. The second-order valence-corrected chi connectivity index (χ2v) is 2.25. The Balaban J connectivity index is 3.24. The van der Waals surface area contributed by atoms with Crippen LogP contribution >= 0.6 is 11.6 Å². The zero-order chi connectivity index (χ0) is 8.43. The molecular formula is C5H7ClN4O. The van der Waals surface area contributed by atoms with Crippen LogP contribution in [0.15, 0.2) is 6.07 Å². The SMILES string of the molecule is CNc1cc(Cl)nc(N)[n+]1[O-]. The Kier molecular flexibility index (Phi) is 2.00. The summed E-state index contributed by atoms with van der Waals surface area (Å²) in [6.07, 6.45) is 0. The molecule has 60 valence electrons. The molecule has 6 heteroatoms. The van der Waals surface area contributed by atoms with Crippen LogP contribution < -0.4 is 15.8 Å². The zero-order valence-corrected chi connectivity index (χ0v) is 6.59. The minimum absolute atomic E-state index is 0.165. The van der Waals surface area contributed by atoms with Crippen molar-refractivity contribution in [1.29, 1.82) is 0 Å². The maximum atomic E-state index is 11.0. The monoisotopic (exact) mass is 174 g/mol. The lowest BCUT2D eigenvalue weighted by molar-refractivity contribution is -0.577. The first-order valence-corrected chi connectivity index (χ1v) is 3.26. The first-order chi connectivity index (χ1) is 5.15. The number of hydrogen-bond donors (Lipinski definition) is 2. The van der Waals surface area contributed by atoms with Crippen molar-refractivity contribution >= 4 is 23.4 Å². The average molecular weight is 175 g/mol. The molecule has 1 heterocycles. The molecule has 0 saturated carbocycles. The third kappa shape index (κ3) is 1.43. The van der Waals surface area contributed by atoms with Crippen LogP contribution in [-0.2, 0) is 0 Å². The van der Waals surface area contributed by atoms with Gasteiger partial charge >= 0.3 is 5.95 Å². The van der Waals surface area contributed by atoms with Crippen molar-refractivity contribution in [3.63, 3.8) is 0 Å². The number of nitrogens with one attached hydrogen (secondary N) is 1. The minimum atomic E-state index is -0.165. The molecule has 0 aromatic carbocycles. The van der Waals surface area contributed by atoms with Crippen molar-refractivity contribution < 1.29 is 4.73 Å². The van der Waals surface area contributed by atoms with E-state index in [0.29, 0.717) is 4.73 Å². The summed E-state index contributed by atoms with van der Waals surface area (Å²) < 4.78 is 0.464. The smallest absolute Gasteiger partial charge is 0.345 e. The fraction of sp³-hybridized carbons (Fsp3) is 0.200. The fourth-order valence-electron chi connectivity index (χ4n) is 0.656. The Morgan fingerprint density at radius 2 is 2.45 bits per heavy atom. The first-order valence-electron chi connectivity index (χ1n) is 2.88. The van der Waals surface area contributed by atoms with Crippen molar-refractivity contribution in [3.8, 4) is 0 Å². The summed E-state index contributed by atoms with van der Waals surface area (Å²) in [6, 6.07) is 1.39. The highest BCUT2D eigenvalue weighted by atomic mass is 35.5. The van der Waals surface area contributed by atoms with E-state index in [1.54, 1.807) is 7.05 Å². The van der Waals surface area contributed by atoms with Crippen LogP contribution in [0.4, 0.5) is 11.8 Å². The average Bonchev–Trinajstić information content (AvgIpc) is 1.96. The molecule has 1 rings (SSSR count). The van der Waals surface area contributed by atoms with E-state index in [-0.39, 0.29) is 16.9 Å². The molecule has 0 aliphatic carbocycles. The van der Waals surface area contributed by atoms with Crippen molar-refractivity contribution in [2.45, 2.75) is 0 Å². The summed E-state index contributed by atoms with van der Waals surface area (Å²) in [7, 11) is 1.60. The van der Waals surface area contributed by atoms with Gasteiger partial charge in [0.05, 0.1) is 6.07 Å². The third-order valence-electron chi connectivity index (χ3n) is 1.16. The van der Waals surface area contributed by atoms with Gasteiger partial charge in [-0.3, -0.25) is 0 Å². The number of nitrogens with two attached hydrogens (primary N) is 1. The molecule has 0 atom stereocenters. The molecule has 0 radical (unpaired) electrons. The number of halogens is 1. The van der Waals surface area contributed by atoms with E-state index in [0.717, 1.165) is 0 Å². The van der Waals surface area contributed by atoms with Crippen molar-refractivity contribution in [3.05, 3.63) is 16.4 Å². The second-order valence-electron chi connectivity index (χ2n) is 1.87. The quantitative estimate of drug-likeness (QED) is 0.357. The summed E-state index contributed by atoms with van der Waals surface area (Å²) in [5.41, 5.74) is 5.21. The molecule has 0 unspecified atom stereocenters. The maximum Gasteiger partial charge on any atom is 0.345 e. The van der Waals surface area contributed by atoms with E-state index < -0.39 is 0 Å². The van der Waals surface area contributed by atoms with Crippen LogP contribution in [-0.4, -0.2) is 12.0 Å². The highest BCUT2D eigenvalue weighted by molar-refractivity contribution is 6.29. The number of anilines is 2. The topological polar surface area (TPSA) is 77.9 Å². The van der Waals surface area contributed by atoms with Gasteiger partial charge in [-0.1, -0.05) is 4.98 Å². The van der Waals surface area contributed by atoms with Crippen molar-refractivity contribution in [2.75, 3.05) is 18.1 Å². The van der Waals surface area contributed by atoms with Gasteiger partial charge in [0.15, 0.2) is 11.0 Å². The molecule has 0 fully saturated rings. The predicted octanol–water partition coefficient (Wildman–Crippen LogP) is -0.00770. The molecular weight excluding hydrogens is 168 g/mol. The Labute approximate surface area is 68.4 Å². The summed E-state index contributed by atoms with van der Waals surface area (Å²) in [4.78, 5) is 3.54. The lowest BCUT2D eigenvalue weighted by Gasteiger charge is -2.10. The molecule has 0 bridgehead atoms. The van der Waals surface area contributed by atoms with E-state index in [1.807, 2.05) is 0 Å². The van der Waals surface area contributed by atoms with Gasteiger partial charge in [-0.2, -0.15) is 0 Å². The molecule has 0 spiro atoms. The Hall–Kier alpha value is -1.23. The molecule has 1 aromatic heterocycles. The molecule has 3 N–H and O–H groups in total. The van der Waals surface area contributed by atoms with Crippen LogP contribution in [0.5, 0.6) is 0 Å². The van der Waals surface area contributed by atoms with Crippen LogP contribution in [0.2, 0.25) is 5.15 Å². The van der Waals surface area contributed by atoms with E-state index in [4.69, 9.17) is 17.3 Å². The second kappa shape index (κ2) is 2.79. The largest absolute Gasteiger partial charge is 0.754 e. The highest BCUT2D eigenvalue weighted by Crippen LogP contribution is 2.09. The highest BCUT2D eigenvalue weighted by Gasteiger charge is 2.05. The molecule has 5 nitrogen and oxygen atoms in total. The summed E-state index contributed by atoms with van der Waals surface area (Å²) in [5.74, 6) is 0.115.